The molecule has 0 atom stereocenters. The smallest absolute Gasteiger partial charge is 0.250 e. The molecule has 0 bridgehead atoms. The molecule has 0 saturated heterocycles. The van der Waals surface area contributed by atoms with Gasteiger partial charge in [-0.3, -0.25) is 9.59 Å². The van der Waals surface area contributed by atoms with E-state index in [1.54, 1.807) is 6.07 Å². The number of amides is 2. The molecule has 7 heteroatoms. The van der Waals surface area contributed by atoms with Crippen LogP contribution < -0.4 is 10.6 Å². The van der Waals surface area contributed by atoms with Crippen molar-refractivity contribution in [3.05, 3.63) is 71.2 Å². The molecule has 0 fully saturated rings. The molecule has 0 aliphatic rings. The maximum atomic E-state index is 12.3. The summed E-state index contributed by atoms with van der Waals surface area (Å²) in [6.07, 6.45) is 0. The van der Waals surface area contributed by atoms with Crippen LogP contribution in [0.15, 0.2) is 65.6 Å². The molecule has 5 nitrogen and oxygen atoms in total. The molecule has 0 radical (unpaired) electrons. The third-order valence-corrected chi connectivity index (χ3v) is 5.52. The highest BCUT2D eigenvalue weighted by molar-refractivity contribution is 8.00. The van der Waals surface area contributed by atoms with Crippen LogP contribution >= 0.6 is 23.4 Å². The monoisotopic (exact) mass is 428 g/mol. The van der Waals surface area contributed by atoms with Crippen LogP contribution in [0.1, 0.15) is 5.56 Å². The lowest BCUT2D eigenvalue weighted by Crippen LogP contribution is -2.24. The van der Waals surface area contributed by atoms with E-state index in [4.69, 9.17) is 16.3 Å². The second-order valence-corrected chi connectivity index (χ2v) is 7.77. The summed E-state index contributed by atoms with van der Waals surface area (Å²) < 4.78 is 4.80. The Morgan fingerprint density at radius 2 is 1.79 bits per heavy atom. The second kappa shape index (κ2) is 10.3. The van der Waals surface area contributed by atoms with Crippen molar-refractivity contribution >= 4 is 51.6 Å². The molecule has 0 aliphatic heterocycles. The number of carbonyl (C=O) groups excluding carboxylic acids is 2. The third kappa shape index (κ3) is 5.97. The van der Waals surface area contributed by atoms with Crippen molar-refractivity contribution in [2.75, 3.05) is 24.8 Å². The molecule has 0 unspecified atom stereocenters. The summed E-state index contributed by atoms with van der Waals surface area (Å²) in [7, 11) is 1.47. The normalized spacial score (nSPS) is 10.7. The van der Waals surface area contributed by atoms with Gasteiger partial charge in [0.05, 0.1) is 5.75 Å². The predicted octanol–water partition coefficient (Wildman–Crippen LogP) is 4.49. The van der Waals surface area contributed by atoms with Crippen LogP contribution in [0.2, 0.25) is 5.02 Å². The minimum Gasteiger partial charge on any atom is -0.375 e. The van der Waals surface area contributed by atoms with E-state index in [0.717, 1.165) is 21.2 Å². The first-order chi connectivity index (χ1) is 14.1. The van der Waals surface area contributed by atoms with E-state index < -0.39 is 0 Å². The molecule has 3 rings (SSSR count). The van der Waals surface area contributed by atoms with Gasteiger partial charge in [0.15, 0.2) is 0 Å². The fourth-order valence-electron chi connectivity index (χ4n) is 2.86. The summed E-state index contributed by atoms with van der Waals surface area (Å²) in [6.45, 7) is 0.375. The lowest BCUT2D eigenvalue weighted by molar-refractivity contribution is -0.120. The van der Waals surface area contributed by atoms with Gasteiger partial charge in [0, 0.05) is 34.6 Å². The number of methoxy groups -OCH3 is 1. The van der Waals surface area contributed by atoms with Crippen LogP contribution in [0.3, 0.4) is 0 Å². The molecule has 3 aromatic carbocycles. The maximum absolute atomic E-state index is 12.3. The predicted molar refractivity (Wildman–Crippen MR) is 118 cm³/mol. The van der Waals surface area contributed by atoms with Crippen LogP contribution in [-0.4, -0.2) is 31.3 Å². The van der Waals surface area contributed by atoms with Gasteiger partial charge in [-0.2, -0.15) is 0 Å². The Labute approximate surface area is 178 Å². The highest BCUT2D eigenvalue weighted by Crippen LogP contribution is 2.33. The summed E-state index contributed by atoms with van der Waals surface area (Å²) in [6, 6.07) is 19.0. The number of thioether (sulfide) groups is 1. The Kier molecular flexibility index (Phi) is 7.52. The molecule has 2 N–H and O–H groups in total. The van der Waals surface area contributed by atoms with E-state index in [0.29, 0.717) is 17.3 Å². The van der Waals surface area contributed by atoms with E-state index in [2.05, 4.69) is 10.6 Å². The number of hydrogen-bond donors (Lipinski definition) is 2. The largest absolute Gasteiger partial charge is 0.375 e. The van der Waals surface area contributed by atoms with Gasteiger partial charge in [0.1, 0.15) is 6.61 Å². The minimum absolute atomic E-state index is 0.00360. The van der Waals surface area contributed by atoms with Crippen LogP contribution in [-0.2, 0) is 20.9 Å². The summed E-state index contributed by atoms with van der Waals surface area (Å²) in [4.78, 5) is 24.9. The SMILES string of the molecule is COCC(=O)Nc1cccc(CNC(=O)CSc2cccc3cccc(Cl)c23)c1. The third-order valence-electron chi connectivity index (χ3n) is 4.15. The first-order valence-electron chi connectivity index (χ1n) is 9.01. The van der Waals surface area contributed by atoms with Crippen molar-refractivity contribution < 1.29 is 14.3 Å². The number of rotatable bonds is 8. The molecule has 0 aliphatic carbocycles. The summed E-state index contributed by atoms with van der Waals surface area (Å²) >= 11 is 7.79. The first-order valence-corrected chi connectivity index (χ1v) is 10.4. The van der Waals surface area contributed by atoms with Crippen LogP contribution in [0.25, 0.3) is 10.8 Å². The molecule has 0 aromatic heterocycles. The zero-order valence-corrected chi connectivity index (χ0v) is 17.5. The molecule has 0 saturated carbocycles. The van der Waals surface area contributed by atoms with E-state index in [-0.39, 0.29) is 24.2 Å². The van der Waals surface area contributed by atoms with Crippen molar-refractivity contribution in [1.29, 1.82) is 0 Å². The minimum atomic E-state index is -0.223. The number of carbonyl (C=O) groups is 2. The van der Waals surface area contributed by atoms with Crippen LogP contribution in [0.4, 0.5) is 5.69 Å². The van der Waals surface area contributed by atoms with E-state index in [1.165, 1.54) is 18.9 Å². The van der Waals surface area contributed by atoms with E-state index >= 15 is 0 Å². The fourth-order valence-corrected chi connectivity index (χ4v) is 4.14. The molecule has 150 valence electrons. The Morgan fingerprint density at radius 3 is 2.59 bits per heavy atom. The zero-order chi connectivity index (χ0) is 20.6. The number of ether oxygens (including phenoxy) is 1. The number of anilines is 1. The molecule has 0 heterocycles. The molecular weight excluding hydrogens is 408 g/mol. The van der Waals surface area contributed by atoms with Crippen molar-refractivity contribution in [3.63, 3.8) is 0 Å². The number of hydrogen-bond acceptors (Lipinski definition) is 4. The number of halogens is 1. The van der Waals surface area contributed by atoms with Gasteiger partial charge in [-0.15, -0.1) is 11.8 Å². The Morgan fingerprint density at radius 1 is 1.03 bits per heavy atom. The van der Waals surface area contributed by atoms with Gasteiger partial charge in [-0.05, 0) is 35.2 Å². The van der Waals surface area contributed by atoms with Gasteiger partial charge in [0.2, 0.25) is 11.8 Å². The van der Waals surface area contributed by atoms with Crippen LogP contribution in [0, 0.1) is 0 Å². The Balaban J connectivity index is 1.55. The van der Waals surface area contributed by atoms with E-state index in [9.17, 15) is 9.59 Å². The maximum Gasteiger partial charge on any atom is 0.250 e. The first kappa shape index (κ1) is 21.2. The van der Waals surface area contributed by atoms with Gasteiger partial charge in [0.25, 0.3) is 0 Å². The Bertz CT molecular complexity index is 1020. The van der Waals surface area contributed by atoms with Gasteiger partial charge < -0.3 is 15.4 Å². The van der Waals surface area contributed by atoms with Crippen LogP contribution in [0.5, 0.6) is 0 Å². The summed E-state index contributed by atoms with van der Waals surface area (Å²) in [5.74, 6) is -0.0130. The quantitative estimate of drug-likeness (QED) is 0.519. The fraction of sp³-hybridized carbons (Fsp3) is 0.182. The molecule has 0 spiro atoms. The Hall–Kier alpha value is -2.54. The van der Waals surface area contributed by atoms with Crippen molar-refractivity contribution in [2.24, 2.45) is 0 Å². The van der Waals surface area contributed by atoms with Crippen molar-refractivity contribution in [1.82, 2.24) is 5.32 Å². The number of benzene rings is 3. The summed E-state index contributed by atoms with van der Waals surface area (Å²) in [5, 5.41) is 8.35. The molecule has 2 amide bonds. The zero-order valence-electron chi connectivity index (χ0n) is 15.9. The average Bonchev–Trinajstić information content (AvgIpc) is 2.71. The van der Waals surface area contributed by atoms with Gasteiger partial charge in [-0.25, -0.2) is 0 Å². The number of fused-ring (bicyclic) bond motifs is 1. The summed E-state index contributed by atoms with van der Waals surface area (Å²) in [5.41, 5.74) is 1.56. The molecular formula is C22H21ClN2O3S. The van der Waals surface area contributed by atoms with Crippen molar-refractivity contribution in [2.45, 2.75) is 11.4 Å². The standard InChI is InChI=1S/C22H21ClN2O3S/c1-28-13-20(26)25-17-8-2-5-15(11-17)12-24-21(27)14-29-19-10-4-7-16-6-3-9-18(23)22(16)19/h2-11H,12-14H2,1H3,(H,24,27)(H,25,26). The highest BCUT2D eigenvalue weighted by Gasteiger charge is 2.09. The highest BCUT2D eigenvalue weighted by atomic mass is 35.5. The van der Waals surface area contributed by atoms with E-state index in [1.807, 2.05) is 54.6 Å². The van der Waals surface area contributed by atoms with Gasteiger partial charge >= 0.3 is 0 Å². The average molecular weight is 429 g/mol. The lowest BCUT2D eigenvalue weighted by Gasteiger charge is -2.10. The van der Waals surface area contributed by atoms with Gasteiger partial charge in [-0.1, -0.05) is 48.0 Å². The van der Waals surface area contributed by atoms with Crippen molar-refractivity contribution in [3.8, 4) is 0 Å². The molecule has 3 aromatic rings. The number of nitrogens with one attached hydrogen (secondary N) is 2. The second-order valence-electron chi connectivity index (χ2n) is 6.34. The molecule has 29 heavy (non-hydrogen) atoms. The topological polar surface area (TPSA) is 67.4 Å². The lowest BCUT2D eigenvalue weighted by atomic mass is 10.1.